The Hall–Kier alpha value is -2.10. The van der Waals surface area contributed by atoms with E-state index in [1.54, 1.807) is 26.0 Å². The van der Waals surface area contributed by atoms with Gasteiger partial charge < -0.3 is 9.52 Å². The monoisotopic (exact) mass is 246 g/mol. The molecule has 0 aliphatic rings. The molecular formula is C14H14O4. The van der Waals surface area contributed by atoms with Crippen LogP contribution in [0.3, 0.4) is 0 Å². The van der Waals surface area contributed by atoms with Gasteiger partial charge >= 0.3 is 5.97 Å². The normalized spacial score (nSPS) is 11.7. The molecule has 1 heterocycles. The molecule has 0 fully saturated rings. The SMILES string of the molecule is CC(C)(CC(=O)O)C(=O)c1coc2ccccc12. The molecule has 1 aromatic heterocycles. The molecule has 0 bridgehead atoms. The Morgan fingerprint density at radius 2 is 1.94 bits per heavy atom. The van der Waals surface area contributed by atoms with Gasteiger partial charge in [-0.1, -0.05) is 32.0 Å². The molecule has 0 aliphatic carbocycles. The number of fused-ring (bicyclic) bond motifs is 1. The highest BCUT2D eigenvalue weighted by Crippen LogP contribution is 2.30. The van der Waals surface area contributed by atoms with E-state index in [0.717, 1.165) is 5.39 Å². The first-order valence-electron chi connectivity index (χ1n) is 5.64. The maximum absolute atomic E-state index is 12.4. The van der Waals surface area contributed by atoms with Crippen molar-refractivity contribution in [2.75, 3.05) is 0 Å². The predicted octanol–water partition coefficient (Wildman–Crippen LogP) is 3.12. The summed E-state index contributed by atoms with van der Waals surface area (Å²) in [5, 5.41) is 9.56. The molecule has 4 nitrogen and oxygen atoms in total. The largest absolute Gasteiger partial charge is 0.481 e. The second-order valence-corrected chi connectivity index (χ2v) is 4.93. The highest BCUT2D eigenvalue weighted by atomic mass is 16.4. The van der Waals surface area contributed by atoms with Crippen molar-refractivity contribution in [2.45, 2.75) is 20.3 Å². The molecule has 0 saturated carbocycles. The fraction of sp³-hybridized carbons (Fsp3) is 0.286. The Morgan fingerprint density at radius 1 is 1.28 bits per heavy atom. The number of carbonyl (C=O) groups excluding carboxylic acids is 1. The third kappa shape index (κ3) is 2.14. The number of carboxylic acid groups (broad SMARTS) is 1. The van der Waals surface area contributed by atoms with Crippen molar-refractivity contribution in [1.82, 2.24) is 0 Å². The van der Waals surface area contributed by atoms with Gasteiger partial charge in [0.1, 0.15) is 11.8 Å². The summed E-state index contributed by atoms with van der Waals surface area (Å²) in [6, 6.07) is 7.21. The molecule has 1 N–H and O–H groups in total. The van der Waals surface area contributed by atoms with E-state index in [1.165, 1.54) is 6.26 Å². The lowest BCUT2D eigenvalue weighted by Crippen LogP contribution is -2.27. The van der Waals surface area contributed by atoms with Crippen molar-refractivity contribution < 1.29 is 19.1 Å². The van der Waals surface area contributed by atoms with Gasteiger partial charge in [0.05, 0.1) is 12.0 Å². The highest BCUT2D eigenvalue weighted by molar-refractivity contribution is 6.10. The van der Waals surface area contributed by atoms with Crippen LogP contribution < -0.4 is 0 Å². The third-order valence-electron chi connectivity index (χ3n) is 2.93. The minimum atomic E-state index is -0.985. The smallest absolute Gasteiger partial charge is 0.304 e. The van der Waals surface area contributed by atoms with Gasteiger partial charge in [-0.15, -0.1) is 0 Å². The summed E-state index contributed by atoms with van der Waals surface area (Å²) < 4.78 is 5.30. The van der Waals surface area contributed by atoms with Gasteiger partial charge in [0, 0.05) is 10.8 Å². The average molecular weight is 246 g/mol. The molecule has 0 saturated heterocycles. The zero-order valence-corrected chi connectivity index (χ0v) is 10.3. The van der Waals surface area contributed by atoms with Crippen LogP contribution in [0.2, 0.25) is 0 Å². The first-order chi connectivity index (χ1) is 8.42. The van der Waals surface area contributed by atoms with Gasteiger partial charge in [0.2, 0.25) is 0 Å². The first kappa shape index (κ1) is 12.4. The molecule has 2 rings (SSSR count). The van der Waals surface area contributed by atoms with Gasteiger partial charge in [0.25, 0.3) is 0 Å². The van der Waals surface area contributed by atoms with Crippen LogP contribution in [0.25, 0.3) is 11.0 Å². The minimum Gasteiger partial charge on any atom is -0.481 e. The van der Waals surface area contributed by atoms with E-state index in [9.17, 15) is 9.59 Å². The van der Waals surface area contributed by atoms with Crippen LogP contribution in [0.15, 0.2) is 34.9 Å². The van der Waals surface area contributed by atoms with Crippen LogP contribution in [-0.2, 0) is 4.79 Å². The first-order valence-corrected chi connectivity index (χ1v) is 5.64. The van der Waals surface area contributed by atoms with E-state index in [1.807, 2.05) is 12.1 Å². The molecule has 0 spiro atoms. The molecule has 0 aliphatic heterocycles. The summed E-state index contributed by atoms with van der Waals surface area (Å²) in [5.41, 5.74) is 0.127. The fourth-order valence-corrected chi connectivity index (χ4v) is 1.98. The molecular weight excluding hydrogens is 232 g/mol. The average Bonchev–Trinajstić information content (AvgIpc) is 2.69. The minimum absolute atomic E-state index is 0.203. The van der Waals surface area contributed by atoms with Crippen LogP contribution in [0.4, 0.5) is 0 Å². The fourth-order valence-electron chi connectivity index (χ4n) is 1.98. The Kier molecular flexibility index (Phi) is 2.95. The predicted molar refractivity (Wildman–Crippen MR) is 66.6 cm³/mol. The van der Waals surface area contributed by atoms with Crippen molar-refractivity contribution in [3.63, 3.8) is 0 Å². The molecule has 0 atom stereocenters. The second kappa shape index (κ2) is 4.29. The summed E-state index contributed by atoms with van der Waals surface area (Å²) >= 11 is 0. The number of furan rings is 1. The number of carboxylic acids is 1. The molecule has 0 unspecified atom stereocenters. The number of benzene rings is 1. The van der Waals surface area contributed by atoms with Crippen LogP contribution in [0.1, 0.15) is 30.6 Å². The Morgan fingerprint density at radius 3 is 2.61 bits per heavy atom. The number of para-hydroxylation sites is 1. The lowest BCUT2D eigenvalue weighted by molar-refractivity contribution is -0.138. The van der Waals surface area contributed by atoms with E-state index >= 15 is 0 Å². The van der Waals surface area contributed by atoms with Crippen molar-refractivity contribution >= 4 is 22.7 Å². The summed E-state index contributed by atoms with van der Waals surface area (Å²) in [7, 11) is 0. The zero-order chi connectivity index (χ0) is 13.3. The quantitative estimate of drug-likeness (QED) is 0.841. The standard InChI is InChI=1S/C14H14O4/c1-14(2,7-12(15)16)13(17)10-8-18-11-6-4-3-5-9(10)11/h3-6,8H,7H2,1-2H3,(H,15,16). The second-order valence-electron chi connectivity index (χ2n) is 4.93. The number of carbonyl (C=O) groups is 2. The lowest BCUT2D eigenvalue weighted by atomic mass is 9.81. The van der Waals surface area contributed by atoms with Crippen molar-refractivity contribution in [1.29, 1.82) is 0 Å². The van der Waals surface area contributed by atoms with Gasteiger partial charge in [-0.2, -0.15) is 0 Å². The van der Waals surface area contributed by atoms with E-state index in [2.05, 4.69) is 0 Å². The maximum atomic E-state index is 12.4. The molecule has 0 radical (unpaired) electrons. The van der Waals surface area contributed by atoms with Crippen LogP contribution in [-0.4, -0.2) is 16.9 Å². The maximum Gasteiger partial charge on any atom is 0.304 e. The van der Waals surface area contributed by atoms with Gasteiger partial charge in [-0.3, -0.25) is 9.59 Å². The molecule has 94 valence electrons. The van der Waals surface area contributed by atoms with Crippen LogP contribution >= 0.6 is 0 Å². The van der Waals surface area contributed by atoms with Crippen molar-refractivity contribution in [3.8, 4) is 0 Å². The number of ketones is 1. The number of rotatable bonds is 4. The summed E-state index contributed by atoms with van der Waals surface area (Å²) in [6.07, 6.45) is 1.20. The third-order valence-corrected chi connectivity index (χ3v) is 2.93. The lowest BCUT2D eigenvalue weighted by Gasteiger charge is -2.19. The summed E-state index contributed by atoms with van der Waals surface area (Å²) in [5.74, 6) is -1.20. The van der Waals surface area contributed by atoms with E-state index < -0.39 is 11.4 Å². The van der Waals surface area contributed by atoms with Gasteiger partial charge in [-0.05, 0) is 6.07 Å². The van der Waals surface area contributed by atoms with E-state index in [0.29, 0.717) is 11.1 Å². The van der Waals surface area contributed by atoms with Crippen molar-refractivity contribution in [3.05, 3.63) is 36.1 Å². The molecule has 0 amide bonds. The number of hydrogen-bond donors (Lipinski definition) is 1. The van der Waals surface area contributed by atoms with Crippen LogP contribution in [0.5, 0.6) is 0 Å². The molecule has 2 aromatic rings. The molecule has 18 heavy (non-hydrogen) atoms. The van der Waals surface area contributed by atoms with E-state index in [-0.39, 0.29) is 12.2 Å². The van der Waals surface area contributed by atoms with Gasteiger partial charge in [0.15, 0.2) is 5.78 Å². The van der Waals surface area contributed by atoms with Gasteiger partial charge in [-0.25, -0.2) is 0 Å². The Bertz CT molecular complexity index is 607. The topological polar surface area (TPSA) is 67.5 Å². The zero-order valence-electron chi connectivity index (χ0n) is 10.3. The molecule has 4 heteroatoms. The number of aliphatic carboxylic acids is 1. The van der Waals surface area contributed by atoms with Crippen molar-refractivity contribution in [2.24, 2.45) is 5.41 Å². The Labute approximate surface area is 104 Å². The highest BCUT2D eigenvalue weighted by Gasteiger charge is 2.33. The summed E-state index contributed by atoms with van der Waals surface area (Å²) in [4.78, 5) is 23.1. The number of hydrogen-bond acceptors (Lipinski definition) is 3. The van der Waals surface area contributed by atoms with Crippen LogP contribution in [0, 0.1) is 5.41 Å². The van der Waals surface area contributed by atoms with E-state index in [4.69, 9.17) is 9.52 Å². The number of Topliss-reactive ketones (excluding diaryl/α,β-unsaturated/α-hetero) is 1. The Balaban J connectivity index is 2.42. The molecule has 1 aromatic carbocycles. The summed E-state index contributed by atoms with van der Waals surface area (Å²) in [6.45, 7) is 3.26.